The number of rotatable bonds is 5. The fraction of sp³-hybridized carbons (Fsp3) is 0.200. The van der Waals surface area contributed by atoms with Gasteiger partial charge >= 0.3 is 0 Å². The highest BCUT2D eigenvalue weighted by atomic mass is 79.9. The average molecular weight is 336 g/mol. The zero-order valence-corrected chi connectivity index (χ0v) is 12.8. The van der Waals surface area contributed by atoms with E-state index >= 15 is 0 Å². The van der Waals surface area contributed by atoms with E-state index < -0.39 is 0 Å². The number of ketones is 1. The standard InChI is InChI=1S/C15H14BrNO3/c1-19-12-3-4-15(20-2)13(7-12)14(18)6-10-5-11(16)9-17-8-10/h3-5,7-9H,6H2,1-2H3. The molecular weight excluding hydrogens is 322 g/mol. The van der Waals surface area contributed by atoms with Gasteiger partial charge in [0.25, 0.3) is 0 Å². The molecule has 0 aliphatic rings. The fourth-order valence-electron chi connectivity index (χ4n) is 1.87. The first-order chi connectivity index (χ1) is 9.63. The van der Waals surface area contributed by atoms with E-state index in [1.807, 2.05) is 6.07 Å². The number of halogens is 1. The minimum atomic E-state index is -0.0411. The van der Waals surface area contributed by atoms with Crippen LogP contribution in [0.2, 0.25) is 0 Å². The molecule has 0 unspecified atom stereocenters. The van der Waals surface area contributed by atoms with Crippen molar-refractivity contribution in [1.29, 1.82) is 0 Å². The Kier molecular flexibility index (Phi) is 4.74. The maximum Gasteiger partial charge on any atom is 0.171 e. The van der Waals surface area contributed by atoms with Gasteiger partial charge in [0.2, 0.25) is 0 Å². The molecule has 20 heavy (non-hydrogen) atoms. The SMILES string of the molecule is COc1ccc(OC)c(C(=O)Cc2cncc(Br)c2)c1. The molecule has 0 aliphatic heterocycles. The molecule has 0 aliphatic carbocycles. The van der Waals surface area contributed by atoms with Crippen molar-refractivity contribution in [3.8, 4) is 11.5 Å². The number of aromatic nitrogens is 1. The molecule has 0 spiro atoms. The van der Waals surface area contributed by atoms with Crippen molar-refractivity contribution < 1.29 is 14.3 Å². The summed E-state index contributed by atoms with van der Waals surface area (Å²) in [5, 5.41) is 0. The van der Waals surface area contributed by atoms with Gasteiger partial charge in [-0.05, 0) is 45.8 Å². The van der Waals surface area contributed by atoms with Gasteiger partial charge in [-0.3, -0.25) is 9.78 Å². The summed E-state index contributed by atoms with van der Waals surface area (Å²) in [5.74, 6) is 1.13. The Morgan fingerprint density at radius 3 is 2.65 bits per heavy atom. The third-order valence-electron chi connectivity index (χ3n) is 2.83. The quantitative estimate of drug-likeness (QED) is 0.786. The first-order valence-corrected chi connectivity index (χ1v) is 6.78. The zero-order valence-electron chi connectivity index (χ0n) is 11.2. The highest BCUT2D eigenvalue weighted by molar-refractivity contribution is 9.10. The molecule has 0 N–H and O–H groups in total. The van der Waals surface area contributed by atoms with Crippen molar-refractivity contribution in [2.45, 2.75) is 6.42 Å². The highest BCUT2D eigenvalue weighted by Crippen LogP contribution is 2.25. The summed E-state index contributed by atoms with van der Waals surface area (Å²) < 4.78 is 11.2. The van der Waals surface area contributed by atoms with Gasteiger partial charge < -0.3 is 9.47 Å². The van der Waals surface area contributed by atoms with E-state index in [9.17, 15) is 4.79 Å². The van der Waals surface area contributed by atoms with Crippen molar-refractivity contribution in [1.82, 2.24) is 4.98 Å². The van der Waals surface area contributed by atoms with Crippen molar-refractivity contribution in [2.75, 3.05) is 14.2 Å². The Balaban J connectivity index is 2.28. The van der Waals surface area contributed by atoms with Crippen molar-refractivity contribution in [3.05, 3.63) is 52.3 Å². The van der Waals surface area contributed by atoms with Crippen LogP contribution >= 0.6 is 15.9 Å². The molecule has 104 valence electrons. The number of ether oxygens (including phenoxy) is 2. The van der Waals surface area contributed by atoms with Gasteiger partial charge in [-0.2, -0.15) is 0 Å². The summed E-state index contributed by atoms with van der Waals surface area (Å²) in [6, 6.07) is 7.05. The topological polar surface area (TPSA) is 48.4 Å². The summed E-state index contributed by atoms with van der Waals surface area (Å²) in [7, 11) is 3.10. The first kappa shape index (κ1) is 14.5. The van der Waals surface area contributed by atoms with Crippen LogP contribution in [-0.4, -0.2) is 25.0 Å². The summed E-state index contributed by atoms with van der Waals surface area (Å²) >= 11 is 3.34. The molecule has 5 heteroatoms. The monoisotopic (exact) mass is 335 g/mol. The van der Waals surface area contributed by atoms with Crippen LogP contribution in [0.4, 0.5) is 0 Å². The lowest BCUT2D eigenvalue weighted by atomic mass is 10.0. The molecule has 2 rings (SSSR count). The molecule has 0 radical (unpaired) electrons. The molecule has 0 bridgehead atoms. The number of carbonyl (C=O) groups excluding carboxylic acids is 1. The van der Waals surface area contributed by atoms with Crippen LogP contribution < -0.4 is 9.47 Å². The van der Waals surface area contributed by atoms with Crippen LogP contribution in [-0.2, 0) is 6.42 Å². The van der Waals surface area contributed by atoms with Crippen LogP contribution in [0.3, 0.4) is 0 Å². The number of Topliss-reactive ketones (excluding diaryl/α,β-unsaturated/α-hetero) is 1. The van der Waals surface area contributed by atoms with E-state index in [1.165, 1.54) is 0 Å². The van der Waals surface area contributed by atoms with Crippen LogP contribution in [0.1, 0.15) is 15.9 Å². The molecule has 1 aromatic heterocycles. The number of benzene rings is 1. The van der Waals surface area contributed by atoms with E-state index in [2.05, 4.69) is 20.9 Å². The third-order valence-corrected chi connectivity index (χ3v) is 3.27. The van der Waals surface area contributed by atoms with Crippen LogP contribution in [0, 0.1) is 0 Å². The van der Waals surface area contributed by atoms with E-state index in [4.69, 9.17) is 9.47 Å². The van der Waals surface area contributed by atoms with Gasteiger partial charge in [-0.1, -0.05) is 0 Å². The number of methoxy groups -OCH3 is 2. The number of pyridine rings is 1. The summed E-state index contributed by atoms with van der Waals surface area (Å²) in [5.41, 5.74) is 1.35. The number of hydrogen-bond acceptors (Lipinski definition) is 4. The summed E-state index contributed by atoms with van der Waals surface area (Å²) in [6.45, 7) is 0. The Morgan fingerprint density at radius 1 is 1.20 bits per heavy atom. The van der Waals surface area contributed by atoms with E-state index in [1.54, 1.807) is 44.8 Å². The lowest BCUT2D eigenvalue weighted by molar-refractivity contribution is 0.0989. The second kappa shape index (κ2) is 6.52. The average Bonchev–Trinajstić information content (AvgIpc) is 2.46. The molecular formula is C15H14BrNO3. The van der Waals surface area contributed by atoms with E-state index in [0.29, 0.717) is 17.1 Å². The first-order valence-electron chi connectivity index (χ1n) is 5.98. The number of hydrogen-bond donors (Lipinski definition) is 0. The van der Waals surface area contributed by atoms with Gasteiger partial charge in [-0.25, -0.2) is 0 Å². The Morgan fingerprint density at radius 2 is 2.00 bits per heavy atom. The fourth-order valence-corrected chi connectivity index (χ4v) is 2.28. The smallest absolute Gasteiger partial charge is 0.171 e. The Labute approximate surface area is 125 Å². The summed E-state index contributed by atoms with van der Waals surface area (Å²) in [4.78, 5) is 16.4. The van der Waals surface area contributed by atoms with Gasteiger partial charge in [-0.15, -0.1) is 0 Å². The van der Waals surface area contributed by atoms with Crippen LogP contribution in [0.25, 0.3) is 0 Å². The van der Waals surface area contributed by atoms with Crippen molar-refractivity contribution in [3.63, 3.8) is 0 Å². The third kappa shape index (κ3) is 3.36. The molecule has 4 nitrogen and oxygen atoms in total. The lowest BCUT2D eigenvalue weighted by Crippen LogP contribution is -2.06. The van der Waals surface area contributed by atoms with E-state index in [0.717, 1.165) is 10.0 Å². The van der Waals surface area contributed by atoms with Crippen molar-refractivity contribution in [2.24, 2.45) is 0 Å². The van der Waals surface area contributed by atoms with Gasteiger partial charge in [0, 0.05) is 23.3 Å². The van der Waals surface area contributed by atoms with Crippen LogP contribution in [0.15, 0.2) is 41.1 Å². The lowest BCUT2D eigenvalue weighted by Gasteiger charge is -2.09. The van der Waals surface area contributed by atoms with Gasteiger partial charge in [0.05, 0.1) is 19.8 Å². The molecule has 0 amide bonds. The zero-order chi connectivity index (χ0) is 14.5. The Hall–Kier alpha value is -1.88. The molecule has 2 aromatic rings. The van der Waals surface area contributed by atoms with Gasteiger partial charge in [0.1, 0.15) is 11.5 Å². The maximum absolute atomic E-state index is 12.4. The minimum Gasteiger partial charge on any atom is -0.497 e. The normalized spacial score (nSPS) is 10.2. The second-order valence-corrected chi connectivity index (χ2v) is 5.09. The maximum atomic E-state index is 12.4. The second-order valence-electron chi connectivity index (χ2n) is 4.18. The number of nitrogens with zero attached hydrogens (tertiary/aromatic N) is 1. The molecule has 1 heterocycles. The van der Waals surface area contributed by atoms with E-state index in [-0.39, 0.29) is 12.2 Å². The highest BCUT2D eigenvalue weighted by Gasteiger charge is 2.14. The molecule has 0 saturated heterocycles. The molecule has 1 aromatic carbocycles. The van der Waals surface area contributed by atoms with Gasteiger partial charge in [0.15, 0.2) is 5.78 Å². The molecule has 0 fully saturated rings. The minimum absolute atomic E-state index is 0.0411. The Bertz CT molecular complexity index is 628. The summed E-state index contributed by atoms with van der Waals surface area (Å²) in [6.07, 6.45) is 3.62. The molecule has 0 saturated carbocycles. The van der Waals surface area contributed by atoms with Crippen LogP contribution in [0.5, 0.6) is 11.5 Å². The number of carbonyl (C=O) groups is 1. The van der Waals surface area contributed by atoms with Crippen molar-refractivity contribution >= 4 is 21.7 Å². The predicted molar refractivity (Wildman–Crippen MR) is 79.5 cm³/mol. The largest absolute Gasteiger partial charge is 0.497 e. The molecule has 0 atom stereocenters. The predicted octanol–water partition coefficient (Wildman–Crippen LogP) is 3.29.